The first-order chi connectivity index (χ1) is 10.2. The maximum atomic E-state index is 6.22. The summed E-state index contributed by atoms with van der Waals surface area (Å²) in [6.45, 7) is 1.99. The van der Waals surface area contributed by atoms with Crippen LogP contribution in [0.2, 0.25) is 5.02 Å². The van der Waals surface area contributed by atoms with Crippen molar-refractivity contribution in [2.45, 2.75) is 13.0 Å². The molecule has 21 heavy (non-hydrogen) atoms. The first kappa shape index (κ1) is 15.5. The van der Waals surface area contributed by atoms with Gasteiger partial charge in [-0.25, -0.2) is 4.98 Å². The van der Waals surface area contributed by atoms with E-state index in [1.807, 2.05) is 18.3 Å². The van der Waals surface area contributed by atoms with Crippen LogP contribution in [0.4, 0.5) is 5.82 Å². The van der Waals surface area contributed by atoms with Crippen molar-refractivity contribution in [3.63, 3.8) is 0 Å². The highest BCUT2D eigenvalue weighted by molar-refractivity contribution is 6.32. The summed E-state index contributed by atoms with van der Waals surface area (Å²) in [4.78, 5) is 14.5. The van der Waals surface area contributed by atoms with Gasteiger partial charge in [-0.15, -0.1) is 0 Å². The Morgan fingerprint density at radius 1 is 1.38 bits per heavy atom. The number of nitrogens with two attached hydrogens (primary N) is 1. The van der Waals surface area contributed by atoms with Crippen LogP contribution in [0, 0.1) is 0 Å². The zero-order valence-corrected chi connectivity index (χ0v) is 12.6. The summed E-state index contributed by atoms with van der Waals surface area (Å²) in [5.74, 6) is 0.640. The quantitative estimate of drug-likeness (QED) is 0.841. The molecule has 0 saturated heterocycles. The van der Waals surface area contributed by atoms with Crippen molar-refractivity contribution < 1.29 is 4.74 Å². The molecule has 0 atom stereocenters. The molecule has 2 aromatic heterocycles. The lowest BCUT2D eigenvalue weighted by Crippen LogP contribution is -2.27. The Morgan fingerprint density at radius 2 is 2.24 bits per heavy atom. The van der Waals surface area contributed by atoms with Gasteiger partial charge in [0, 0.05) is 25.5 Å². The van der Waals surface area contributed by atoms with Gasteiger partial charge in [0.15, 0.2) is 5.82 Å². The molecule has 2 heterocycles. The highest BCUT2D eigenvalue weighted by Gasteiger charge is 2.14. The van der Waals surface area contributed by atoms with Crippen LogP contribution in [0.3, 0.4) is 0 Å². The Balaban J connectivity index is 2.26. The number of rotatable bonds is 7. The number of hydrogen-bond donors (Lipinski definition) is 1. The molecular formula is C14H18ClN5O. The van der Waals surface area contributed by atoms with Crippen LogP contribution >= 0.6 is 11.6 Å². The summed E-state index contributed by atoms with van der Waals surface area (Å²) < 4.78 is 5.07. The molecule has 0 aliphatic heterocycles. The first-order valence-electron chi connectivity index (χ1n) is 6.65. The lowest BCUT2D eigenvalue weighted by molar-refractivity contribution is 0.379. The second kappa shape index (κ2) is 7.75. The fourth-order valence-corrected chi connectivity index (χ4v) is 2.13. The molecule has 6 nitrogen and oxygen atoms in total. The molecule has 0 spiro atoms. The molecular weight excluding hydrogens is 290 g/mol. The van der Waals surface area contributed by atoms with Gasteiger partial charge < -0.3 is 15.4 Å². The summed E-state index contributed by atoms with van der Waals surface area (Å²) in [5, 5.41) is 0.483. The van der Waals surface area contributed by atoms with Gasteiger partial charge in [0.2, 0.25) is 0 Å². The molecule has 0 aliphatic rings. The summed E-state index contributed by atoms with van der Waals surface area (Å²) in [6.07, 6.45) is 5.94. The maximum Gasteiger partial charge on any atom is 0.318 e. The molecule has 0 bridgehead atoms. The normalized spacial score (nSPS) is 10.4. The number of pyridine rings is 1. The lowest BCUT2D eigenvalue weighted by atomic mass is 10.2. The van der Waals surface area contributed by atoms with E-state index in [1.165, 1.54) is 7.11 Å². The van der Waals surface area contributed by atoms with E-state index in [1.54, 1.807) is 12.4 Å². The lowest BCUT2D eigenvalue weighted by Gasteiger charge is -2.24. The van der Waals surface area contributed by atoms with Gasteiger partial charge in [-0.1, -0.05) is 17.7 Å². The smallest absolute Gasteiger partial charge is 0.318 e. The molecule has 0 aromatic carbocycles. The van der Waals surface area contributed by atoms with Crippen molar-refractivity contribution in [2.24, 2.45) is 5.73 Å². The topological polar surface area (TPSA) is 77.2 Å². The van der Waals surface area contributed by atoms with Crippen LogP contribution in [-0.4, -0.2) is 35.2 Å². The Labute approximate surface area is 128 Å². The molecule has 7 heteroatoms. The molecule has 2 aromatic rings. The van der Waals surface area contributed by atoms with E-state index in [2.05, 4.69) is 19.9 Å². The number of anilines is 1. The number of ether oxygens (including phenoxy) is 1. The summed E-state index contributed by atoms with van der Waals surface area (Å²) in [5.41, 5.74) is 6.69. The summed E-state index contributed by atoms with van der Waals surface area (Å²) in [7, 11) is 1.53. The summed E-state index contributed by atoms with van der Waals surface area (Å²) >= 11 is 6.22. The number of nitrogens with zero attached hydrogens (tertiary/aromatic N) is 4. The second-order valence-electron chi connectivity index (χ2n) is 4.45. The second-order valence-corrected chi connectivity index (χ2v) is 4.86. The van der Waals surface area contributed by atoms with Gasteiger partial charge >= 0.3 is 6.01 Å². The average molecular weight is 308 g/mol. The van der Waals surface area contributed by atoms with E-state index in [0.717, 1.165) is 18.5 Å². The predicted molar refractivity (Wildman–Crippen MR) is 82.6 cm³/mol. The fraction of sp³-hybridized carbons (Fsp3) is 0.357. The van der Waals surface area contributed by atoms with Crippen molar-refractivity contribution in [1.82, 2.24) is 15.0 Å². The predicted octanol–water partition coefficient (Wildman–Crippen LogP) is 1.89. The molecule has 2 rings (SSSR count). The zero-order valence-electron chi connectivity index (χ0n) is 11.9. The van der Waals surface area contributed by atoms with Crippen LogP contribution in [-0.2, 0) is 6.54 Å². The summed E-state index contributed by atoms with van der Waals surface area (Å²) in [6, 6.07) is 4.20. The van der Waals surface area contributed by atoms with E-state index in [4.69, 9.17) is 22.1 Å². The molecule has 112 valence electrons. The minimum Gasteiger partial charge on any atom is -0.467 e. The molecule has 0 aliphatic carbocycles. The third-order valence-corrected chi connectivity index (χ3v) is 3.18. The molecule has 0 fully saturated rings. The van der Waals surface area contributed by atoms with Gasteiger partial charge in [-0.05, 0) is 24.6 Å². The number of aromatic nitrogens is 3. The van der Waals surface area contributed by atoms with E-state index in [0.29, 0.717) is 29.9 Å². The number of halogens is 1. The van der Waals surface area contributed by atoms with E-state index in [-0.39, 0.29) is 0 Å². The largest absolute Gasteiger partial charge is 0.467 e. The minimum absolute atomic E-state index is 0.290. The SMILES string of the molecule is COc1ncc(Cl)c(N(CCCN)Cc2cccnc2)n1. The highest BCUT2D eigenvalue weighted by atomic mass is 35.5. The average Bonchev–Trinajstić information content (AvgIpc) is 2.53. The molecule has 0 saturated carbocycles. The van der Waals surface area contributed by atoms with Crippen molar-refractivity contribution in [1.29, 1.82) is 0 Å². The Hall–Kier alpha value is -1.92. The van der Waals surface area contributed by atoms with Crippen LogP contribution in [0.25, 0.3) is 0 Å². The van der Waals surface area contributed by atoms with Crippen molar-refractivity contribution in [3.05, 3.63) is 41.3 Å². The van der Waals surface area contributed by atoms with E-state index in [9.17, 15) is 0 Å². The number of methoxy groups -OCH3 is 1. The van der Waals surface area contributed by atoms with Gasteiger partial charge in [0.25, 0.3) is 0 Å². The maximum absolute atomic E-state index is 6.22. The number of hydrogen-bond acceptors (Lipinski definition) is 6. The minimum atomic E-state index is 0.290. The highest BCUT2D eigenvalue weighted by Crippen LogP contribution is 2.25. The Kier molecular flexibility index (Phi) is 5.71. The van der Waals surface area contributed by atoms with Crippen molar-refractivity contribution in [2.75, 3.05) is 25.1 Å². The van der Waals surface area contributed by atoms with Gasteiger partial charge in [-0.2, -0.15) is 4.98 Å². The van der Waals surface area contributed by atoms with Crippen LogP contribution in [0.5, 0.6) is 6.01 Å². The molecule has 0 unspecified atom stereocenters. The monoisotopic (exact) mass is 307 g/mol. The van der Waals surface area contributed by atoms with Crippen LogP contribution in [0.1, 0.15) is 12.0 Å². The van der Waals surface area contributed by atoms with Crippen LogP contribution < -0.4 is 15.4 Å². The van der Waals surface area contributed by atoms with E-state index >= 15 is 0 Å². The molecule has 0 amide bonds. The van der Waals surface area contributed by atoms with Crippen LogP contribution in [0.15, 0.2) is 30.7 Å². The molecule has 0 radical (unpaired) electrons. The van der Waals surface area contributed by atoms with Crippen molar-refractivity contribution >= 4 is 17.4 Å². The van der Waals surface area contributed by atoms with Gasteiger partial charge in [0.1, 0.15) is 5.02 Å². The van der Waals surface area contributed by atoms with E-state index < -0.39 is 0 Å². The van der Waals surface area contributed by atoms with Crippen molar-refractivity contribution in [3.8, 4) is 6.01 Å². The fourth-order valence-electron chi connectivity index (χ4n) is 1.92. The third kappa shape index (κ3) is 4.27. The standard InChI is InChI=1S/C14H18ClN5O/c1-21-14-18-9-12(15)13(19-14)20(7-3-5-16)10-11-4-2-6-17-8-11/h2,4,6,8-9H,3,5,7,10,16H2,1H3. The van der Waals surface area contributed by atoms with Gasteiger partial charge in [-0.3, -0.25) is 4.98 Å². The zero-order chi connectivity index (χ0) is 15.1. The Morgan fingerprint density at radius 3 is 2.90 bits per heavy atom. The Bertz CT molecular complexity index is 567. The third-order valence-electron chi connectivity index (χ3n) is 2.91. The first-order valence-corrected chi connectivity index (χ1v) is 7.03. The molecule has 2 N–H and O–H groups in total. The van der Waals surface area contributed by atoms with Gasteiger partial charge in [0.05, 0.1) is 13.3 Å².